The number of ether oxygens (including phenoxy) is 2. The van der Waals surface area contributed by atoms with E-state index in [0.29, 0.717) is 16.3 Å². The summed E-state index contributed by atoms with van der Waals surface area (Å²) < 4.78 is 11.1. The van der Waals surface area contributed by atoms with Gasteiger partial charge >= 0.3 is 5.97 Å². The molecule has 1 aliphatic rings. The summed E-state index contributed by atoms with van der Waals surface area (Å²) in [5.74, 6) is -0.706. The first-order valence-electron chi connectivity index (χ1n) is 6.43. The number of halogens is 1. The molecule has 0 bridgehead atoms. The zero-order valence-electron chi connectivity index (χ0n) is 11.2. The van der Waals surface area contributed by atoms with Gasteiger partial charge in [-0.05, 0) is 30.7 Å². The first-order valence-corrected chi connectivity index (χ1v) is 6.81. The van der Waals surface area contributed by atoms with E-state index in [0.717, 1.165) is 5.56 Å². The van der Waals surface area contributed by atoms with E-state index in [-0.39, 0.29) is 0 Å². The van der Waals surface area contributed by atoms with Gasteiger partial charge in [0, 0.05) is 10.6 Å². The van der Waals surface area contributed by atoms with E-state index in [1.807, 2.05) is 37.3 Å². The summed E-state index contributed by atoms with van der Waals surface area (Å²) in [7, 11) is 0. The van der Waals surface area contributed by atoms with Crippen molar-refractivity contribution in [2.24, 2.45) is 0 Å². The van der Waals surface area contributed by atoms with Gasteiger partial charge in [0.2, 0.25) is 0 Å². The molecule has 0 spiro atoms. The van der Waals surface area contributed by atoms with E-state index in [4.69, 9.17) is 21.1 Å². The van der Waals surface area contributed by atoms with E-state index in [2.05, 4.69) is 0 Å². The van der Waals surface area contributed by atoms with Crippen LogP contribution in [0.4, 0.5) is 0 Å². The van der Waals surface area contributed by atoms with Crippen molar-refractivity contribution < 1.29 is 19.4 Å². The van der Waals surface area contributed by atoms with Crippen LogP contribution < -0.4 is 4.74 Å². The van der Waals surface area contributed by atoms with Gasteiger partial charge in [-0.2, -0.15) is 0 Å². The molecule has 2 aromatic rings. The molecule has 3 rings (SSSR count). The lowest BCUT2D eigenvalue weighted by Crippen LogP contribution is -2.44. The number of hydrogen-bond acceptors (Lipinski definition) is 3. The molecule has 0 fully saturated rings. The van der Waals surface area contributed by atoms with Crippen LogP contribution in [0.5, 0.6) is 5.75 Å². The average molecular weight is 305 g/mol. The second-order valence-corrected chi connectivity index (χ2v) is 5.38. The maximum atomic E-state index is 11.3. The van der Waals surface area contributed by atoms with Gasteiger partial charge in [-0.1, -0.05) is 41.9 Å². The van der Waals surface area contributed by atoms with Crippen molar-refractivity contribution in [2.45, 2.75) is 18.8 Å². The second kappa shape index (κ2) is 5.06. The zero-order chi connectivity index (χ0) is 15.0. The molecule has 0 aromatic heterocycles. The minimum atomic E-state index is -1.36. The van der Waals surface area contributed by atoms with Crippen LogP contribution in [0.1, 0.15) is 18.1 Å². The molecule has 1 N–H and O–H groups in total. The molecule has 2 atom stereocenters. The quantitative estimate of drug-likeness (QED) is 0.923. The van der Waals surface area contributed by atoms with Crippen LogP contribution in [-0.4, -0.2) is 17.4 Å². The van der Waals surface area contributed by atoms with E-state index in [1.165, 1.54) is 0 Å². The first-order chi connectivity index (χ1) is 10.0. The van der Waals surface area contributed by atoms with Crippen LogP contribution in [0.25, 0.3) is 0 Å². The molecule has 1 heterocycles. The molecule has 21 heavy (non-hydrogen) atoms. The summed E-state index contributed by atoms with van der Waals surface area (Å²) in [6.07, 6.45) is -1.36. The van der Waals surface area contributed by atoms with E-state index in [9.17, 15) is 9.90 Å². The van der Waals surface area contributed by atoms with Crippen molar-refractivity contribution in [3.8, 4) is 5.75 Å². The summed E-state index contributed by atoms with van der Waals surface area (Å²) in [5, 5.41) is 9.76. The molecule has 4 nitrogen and oxygen atoms in total. The predicted octanol–water partition coefficient (Wildman–Crippen LogP) is 3.42. The Hall–Kier alpha value is -2.04. The lowest BCUT2D eigenvalue weighted by atomic mass is 9.86. The Bertz CT molecular complexity index is 686. The smallest absolute Gasteiger partial charge is 0.373 e. The number of fused-ring (bicyclic) bond motifs is 1. The summed E-state index contributed by atoms with van der Waals surface area (Å²) in [6.45, 7) is 1.82. The maximum Gasteiger partial charge on any atom is 0.373 e. The minimum Gasteiger partial charge on any atom is -0.477 e. The van der Waals surface area contributed by atoms with Crippen LogP contribution in [0, 0.1) is 0 Å². The maximum absolute atomic E-state index is 11.3. The second-order valence-electron chi connectivity index (χ2n) is 4.95. The highest BCUT2D eigenvalue weighted by Gasteiger charge is 2.43. The normalized spacial score (nSPS) is 24.0. The van der Waals surface area contributed by atoms with Crippen molar-refractivity contribution in [1.82, 2.24) is 0 Å². The van der Waals surface area contributed by atoms with Crippen LogP contribution >= 0.6 is 11.6 Å². The third kappa shape index (κ3) is 2.37. The summed E-state index contributed by atoms with van der Waals surface area (Å²) in [5.41, 5.74) is 0.602. The number of hydrogen-bond donors (Lipinski definition) is 1. The Labute approximate surface area is 126 Å². The van der Waals surface area contributed by atoms with E-state index < -0.39 is 17.9 Å². The monoisotopic (exact) mass is 304 g/mol. The SMILES string of the molecule is C[C@]1(c2ccccc2)O[C@@H](C(=O)O)Oc2ccc(Cl)cc21. The van der Waals surface area contributed by atoms with Crippen LogP contribution in [0.15, 0.2) is 48.5 Å². The van der Waals surface area contributed by atoms with Gasteiger partial charge in [-0.25, -0.2) is 4.79 Å². The Morgan fingerprint density at radius 1 is 1.24 bits per heavy atom. The third-order valence-electron chi connectivity index (χ3n) is 3.56. The number of benzene rings is 2. The minimum absolute atomic E-state index is 0.462. The van der Waals surface area contributed by atoms with Crippen molar-refractivity contribution >= 4 is 17.6 Å². The van der Waals surface area contributed by atoms with Crippen LogP contribution in [-0.2, 0) is 15.1 Å². The molecule has 0 radical (unpaired) electrons. The van der Waals surface area contributed by atoms with Gasteiger partial charge < -0.3 is 14.6 Å². The average Bonchev–Trinajstić information content (AvgIpc) is 2.48. The topological polar surface area (TPSA) is 55.8 Å². The summed E-state index contributed by atoms with van der Waals surface area (Å²) in [4.78, 5) is 11.3. The van der Waals surface area contributed by atoms with E-state index in [1.54, 1.807) is 18.2 Å². The molecular formula is C16H13ClO4. The van der Waals surface area contributed by atoms with Crippen molar-refractivity contribution in [3.05, 3.63) is 64.7 Å². The fourth-order valence-electron chi connectivity index (χ4n) is 2.48. The molecule has 0 amide bonds. The first kappa shape index (κ1) is 13.9. The fraction of sp³-hybridized carbons (Fsp3) is 0.188. The molecule has 0 saturated carbocycles. The highest BCUT2D eigenvalue weighted by atomic mass is 35.5. The number of rotatable bonds is 2. The molecule has 1 aliphatic heterocycles. The van der Waals surface area contributed by atoms with Gasteiger partial charge in [0.05, 0.1) is 0 Å². The Kier molecular flexibility index (Phi) is 3.35. The third-order valence-corrected chi connectivity index (χ3v) is 3.79. The van der Waals surface area contributed by atoms with Gasteiger partial charge in [0.15, 0.2) is 0 Å². The summed E-state index contributed by atoms with van der Waals surface area (Å²) in [6, 6.07) is 14.5. The Morgan fingerprint density at radius 2 is 1.95 bits per heavy atom. The highest BCUT2D eigenvalue weighted by molar-refractivity contribution is 6.30. The Morgan fingerprint density at radius 3 is 2.62 bits per heavy atom. The predicted molar refractivity (Wildman–Crippen MR) is 77.5 cm³/mol. The number of carboxylic acids is 1. The van der Waals surface area contributed by atoms with Crippen LogP contribution in [0.2, 0.25) is 5.02 Å². The largest absolute Gasteiger partial charge is 0.477 e. The molecule has 0 aliphatic carbocycles. The molecule has 108 valence electrons. The Balaban J connectivity index is 2.19. The fourth-order valence-corrected chi connectivity index (χ4v) is 2.65. The van der Waals surface area contributed by atoms with Gasteiger partial charge in [0.1, 0.15) is 11.4 Å². The summed E-state index contributed by atoms with van der Waals surface area (Å²) >= 11 is 6.06. The van der Waals surface area contributed by atoms with Gasteiger partial charge in [-0.3, -0.25) is 0 Å². The number of aliphatic carboxylic acids is 1. The van der Waals surface area contributed by atoms with Crippen molar-refractivity contribution in [3.63, 3.8) is 0 Å². The number of carbonyl (C=O) groups is 1. The molecule has 0 saturated heterocycles. The molecular weight excluding hydrogens is 292 g/mol. The molecule has 2 aromatic carbocycles. The van der Waals surface area contributed by atoms with Gasteiger partial charge in [0.25, 0.3) is 6.29 Å². The number of carboxylic acid groups (broad SMARTS) is 1. The van der Waals surface area contributed by atoms with Crippen LogP contribution in [0.3, 0.4) is 0 Å². The van der Waals surface area contributed by atoms with E-state index >= 15 is 0 Å². The molecule has 0 unspecified atom stereocenters. The molecule has 5 heteroatoms. The van der Waals surface area contributed by atoms with Gasteiger partial charge in [-0.15, -0.1) is 0 Å². The highest BCUT2D eigenvalue weighted by Crippen LogP contribution is 2.44. The van der Waals surface area contributed by atoms with Crippen molar-refractivity contribution in [2.75, 3.05) is 0 Å². The zero-order valence-corrected chi connectivity index (χ0v) is 12.0. The standard InChI is InChI=1S/C16H13ClO4/c1-16(10-5-3-2-4-6-10)12-9-11(17)7-8-13(12)20-15(21-16)14(18)19/h2-9,15H,1H3,(H,18,19)/t15-,16+/m0/s1. The van der Waals surface area contributed by atoms with Crippen molar-refractivity contribution in [1.29, 1.82) is 0 Å². The lowest BCUT2D eigenvalue weighted by Gasteiger charge is -2.39. The lowest BCUT2D eigenvalue weighted by molar-refractivity contribution is -0.201.